The van der Waals surface area contributed by atoms with Gasteiger partial charge in [0.05, 0.1) is 6.42 Å². The number of hydrogen-bond acceptors (Lipinski definition) is 2. The van der Waals surface area contributed by atoms with Crippen molar-refractivity contribution >= 4 is 16.8 Å². The highest BCUT2D eigenvalue weighted by atomic mass is 16.2. The summed E-state index contributed by atoms with van der Waals surface area (Å²) in [5.41, 5.74) is 2.87. The van der Waals surface area contributed by atoms with Crippen molar-refractivity contribution < 1.29 is 4.79 Å². The topological polar surface area (TPSA) is 39.3 Å². The van der Waals surface area contributed by atoms with E-state index in [1.165, 1.54) is 11.8 Å². The van der Waals surface area contributed by atoms with E-state index in [1.807, 2.05) is 18.3 Å². The summed E-state index contributed by atoms with van der Waals surface area (Å²) in [7, 11) is 4.29. The number of amides is 1. The predicted octanol–water partition coefficient (Wildman–Crippen LogP) is 3.15. The Bertz CT molecular complexity index is 802. The lowest BCUT2D eigenvalue weighted by atomic mass is 9.48. The molecule has 4 heteroatoms. The maximum atomic E-state index is 13.0. The molecule has 2 atom stereocenters. The summed E-state index contributed by atoms with van der Waals surface area (Å²) in [5, 5.41) is 1.17. The molecule has 0 unspecified atom stereocenters. The number of hydrogen-bond donors (Lipinski definition) is 1. The number of likely N-dealkylation sites (tertiary alicyclic amines) is 1. The second kappa shape index (κ2) is 5.60. The van der Waals surface area contributed by atoms with Gasteiger partial charge in [-0.15, -0.1) is 0 Å². The predicted molar refractivity (Wildman–Crippen MR) is 101 cm³/mol. The molecule has 2 aromatic rings. The average molecular weight is 339 g/mol. The minimum Gasteiger partial charge on any atom is -0.361 e. The quantitative estimate of drug-likeness (QED) is 0.929. The molecule has 25 heavy (non-hydrogen) atoms. The van der Waals surface area contributed by atoms with Crippen molar-refractivity contribution in [3.05, 3.63) is 36.0 Å². The van der Waals surface area contributed by atoms with Gasteiger partial charge in [0, 0.05) is 42.1 Å². The summed E-state index contributed by atoms with van der Waals surface area (Å²) in [5.74, 6) is 0.891. The molecular formula is C21H29N3O. The minimum absolute atomic E-state index is 0.271. The van der Waals surface area contributed by atoms with E-state index in [4.69, 9.17) is 0 Å². The highest BCUT2D eigenvalue weighted by Crippen LogP contribution is 2.62. The summed E-state index contributed by atoms with van der Waals surface area (Å²) in [6, 6.07) is 8.22. The zero-order valence-electron chi connectivity index (χ0n) is 15.8. The monoisotopic (exact) mass is 339 g/mol. The van der Waals surface area contributed by atoms with Crippen LogP contribution in [-0.2, 0) is 11.2 Å². The number of carbonyl (C=O) groups excluding carboxylic acids is 1. The summed E-state index contributed by atoms with van der Waals surface area (Å²) in [6.07, 6.45) is 3.71. The SMILES string of the molecule is CN(C)C[C@@]12CN(C(=O)Cc3c[nH]c4ccccc34)C[C@@H]1C(C)(C)C2. The van der Waals surface area contributed by atoms with E-state index in [0.29, 0.717) is 23.2 Å². The van der Waals surface area contributed by atoms with Crippen LogP contribution in [0.4, 0.5) is 0 Å². The number of rotatable bonds is 4. The smallest absolute Gasteiger partial charge is 0.227 e. The van der Waals surface area contributed by atoms with Crippen molar-refractivity contribution in [2.75, 3.05) is 33.7 Å². The van der Waals surface area contributed by atoms with Crippen LogP contribution < -0.4 is 0 Å². The van der Waals surface area contributed by atoms with Crippen molar-refractivity contribution in [2.24, 2.45) is 16.7 Å². The molecule has 1 saturated heterocycles. The fourth-order valence-electron chi connectivity index (χ4n) is 5.71. The molecule has 0 spiro atoms. The first-order valence-electron chi connectivity index (χ1n) is 9.28. The Hall–Kier alpha value is -1.81. The van der Waals surface area contributed by atoms with E-state index >= 15 is 0 Å². The Morgan fingerprint density at radius 1 is 1.32 bits per heavy atom. The zero-order chi connectivity index (χ0) is 17.8. The molecule has 1 aliphatic carbocycles. The summed E-state index contributed by atoms with van der Waals surface area (Å²) < 4.78 is 0. The van der Waals surface area contributed by atoms with Gasteiger partial charge >= 0.3 is 0 Å². The van der Waals surface area contributed by atoms with Crippen LogP contribution in [0, 0.1) is 16.7 Å². The lowest BCUT2D eigenvalue weighted by molar-refractivity contribution is -0.129. The van der Waals surface area contributed by atoms with Gasteiger partial charge in [0.25, 0.3) is 0 Å². The van der Waals surface area contributed by atoms with E-state index in [0.717, 1.165) is 30.7 Å². The van der Waals surface area contributed by atoms with Crippen LogP contribution in [0.3, 0.4) is 0 Å². The van der Waals surface area contributed by atoms with Gasteiger partial charge in [-0.3, -0.25) is 4.79 Å². The Morgan fingerprint density at radius 3 is 2.80 bits per heavy atom. The Kier molecular flexibility index (Phi) is 3.73. The van der Waals surface area contributed by atoms with Crippen LogP contribution >= 0.6 is 0 Å². The molecule has 1 N–H and O–H groups in total. The molecule has 1 amide bonds. The lowest BCUT2D eigenvalue weighted by Crippen LogP contribution is -2.57. The Morgan fingerprint density at radius 2 is 2.08 bits per heavy atom. The van der Waals surface area contributed by atoms with Crippen molar-refractivity contribution in [3.8, 4) is 0 Å². The molecule has 2 aliphatic rings. The van der Waals surface area contributed by atoms with Gasteiger partial charge in [-0.2, -0.15) is 0 Å². The third-order valence-corrected chi connectivity index (χ3v) is 6.40. The molecule has 1 aromatic carbocycles. The number of benzene rings is 1. The fraction of sp³-hybridized carbons (Fsp3) is 0.571. The molecule has 0 bridgehead atoms. The van der Waals surface area contributed by atoms with Gasteiger partial charge in [-0.25, -0.2) is 0 Å². The normalized spacial score (nSPS) is 27.6. The van der Waals surface area contributed by atoms with Crippen LogP contribution in [0.1, 0.15) is 25.8 Å². The minimum atomic E-state index is 0.271. The summed E-state index contributed by atoms with van der Waals surface area (Å²) in [4.78, 5) is 20.7. The van der Waals surface area contributed by atoms with Gasteiger partial charge in [-0.1, -0.05) is 32.0 Å². The molecule has 1 aliphatic heterocycles. The Balaban J connectivity index is 1.52. The number of para-hydroxylation sites is 1. The summed E-state index contributed by atoms with van der Waals surface area (Å²) >= 11 is 0. The number of nitrogens with zero attached hydrogens (tertiary/aromatic N) is 2. The molecular weight excluding hydrogens is 310 g/mol. The highest BCUT2D eigenvalue weighted by Gasteiger charge is 2.63. The van der Waals surface area contributed by atoms with E-state index in [1.54, 1.807) is 0 Å². The number of nitrogens with one attached hydrogen (secondary N) is 1. The van der Waals surface area contributed by atoms with E-state index in [9.17, 15) is 4.79 Å². The molecule has 0 radical (unpaired) electrons. The largest absolute Gasteiger partial charge is 0.361 e. The first kappa shape index (κ1) is 16.6. The Labute approximate surface area is 150 Å². The summed E-state index contributed by atoms with van der Waals surface area (Å²) in [6.45, 7) is 7.64. The third kappa shape index (κ3) is 2.67. The van der Waals surface area contributed by atoms with Crippen molar-refractivity contribution in [1.82, 2.24) is 14.8 Å². The highest BCUT2D eigenvalue weighted by molar-refractivity contribution is 5.89. The first-order chi connectivity index (χ1) is 11.8. The number of aromatic nitrogens is 1. The van der Waals surface area contributed by atoms with Gasteiger partial charge in [0.1, 0.15) is 0 Å². The molecule has 134 valence electrons. The fourth-order valence-corrected chi connectivity index (χ4v) is 5.71. The second-order valence-electron chi connectivity index (χ2n) is 9.13. The lowest BCUT2D eigenvalue weighted by Gasteiger charge is -2.57. The number of H-pyrrole nitrogens is 1. The van der Waals surface area contributed by atoms with Crippen LogP contribution in [-0.4, -0.2) is 54.4 Å². The van der Waals surface area contributed by atoms with Crippen LogP contribution in [0.15, 0.2) is 30.5 Å². The first-order valence-corrected chi connectivity index (χ1v) is 9.28. The number of aromatic amines is 1. The third-order valence-electron chi connectivity index (χ3n) is 6.40. The van der Waals surface area contributed by atoms with Gasteiger partial charge < -0.3 is 14.8 Å². The molecule has 4 nitrogen and oxygen atoms in total. The molecule has 2 heterocycles. The van der Waals surface area contributed by atoms with Crippen molar-refractivity contribution in [3.63, 3.8) is 0 Å². The van der Waals surface area contributed by atoms with Crippen LogP contribution in [0.5, 0.6) is 0 Å². The molecule has 4 rings (SSSR count). The second-order valence-corrected chi connectivity index (χ2v) is 9.13. The van der Waals surface area contributed by atoms with Gasteiger partial charge in [0.2, 0.25) is 5.91 Å². The molecule has 2 fully saturated rings. The number of carbonyl (C=O) groups is 1. The van der Waals surface area contributed by atoms with Crippen LogP contribution in [0.2, 0.25) is 0 Å². The number of fused-ring (bicyclic) bond motifs is 2. The van der Waals surface area contributed by atoms with Gasteiger partial charge in [-0.05, 0) is 43.5 Å². The van der Waals surface area contributed by atoms with Gasteiger partial charge in [0.15, 0.2) is 0 Å². The average Bonchev–Trinajstić information content (AvgIpc) is 3.07. The molecule has 1 saturated carbocycles. The van der Waals surface area contributed by atoms with Crippen LogP contribution in [0.25, 0.3) is 10.9 Å². The van der Waals surface area contributed by atoms with E-state index < -0.39 is 0 Å². The standard InChI is InChI=1S/C21H29N3O/c1-20(2)12-21(13-23(3)4)14-24(11-18(20)21)19(25)9-15-10-22-17-8-6-5-7-16(15)17/h5-8,10,18,22H,9,11-14H2,1-4H3/t18-,21+/m1/s1. The van der Waals surface area contributed by atoms with Crippen molar-refractivity contribution in [1.29, 1.82) is 0 Å². The maximum Gasteiger partial charge on any atom is 0.227 e. The van der Waals surface area contributed by atoms with Crippen molar-refractivity contribution in [2.45, 2.75) is 26.7 Å². The molecule has 1 aromatic heterocycles. The zero-order valence-corrected chi connectivity index (χ0v) is 15.8. The van der Waals surface area contributed by atoms with E-state index in [2.05, 4.69) is 54.9 Å². The maximum absolute atomic E-state index is 13.0. The van der Waals surface area contributed by atoms with E-state index in [-0.39, 0.29) is 5.91 Å².